The summed E-state index contributed by atoms with van der Waals surface area (Å²) < 4.78 is 0. The standard InChI is InChI=1S/C13H19ClN2O2/c1-3-16(4-2)13(18)9-15-8-10-11(14)6-5-7-12(10)17/h5-7,15,17H,3-4,8-9H2,1-2H3. The maximum absolute atomic E-state index is 11.7. The fraction of sp³-hybridized carbons (Fsp3) is 0.462. The van der Waals surface area contributed by atoms with E-state index in [1.54, 1.807) is 23.1 Å². The van der Waals surface area contributed by atoms with Crippen LogP contribution in [0.5, 0.6) is 5.75 Å². The number of hydrogen-bond donors (Lipinski definition) is 2. The van der Waals surface area contributed by atoms with Gasteiger partial charge < -0.3 is 15.3 Å². The molecule has 0 aliphatic heterocycles. The number of rotatable bonds is 6. The Morgan fingerprint density at radius 3 is 2.61 bits per heavy atom. The third kappa shape index (κ3) is 3.89. The molecule has 1 rings (SSSR count). The van der Waals surface area contributed by atoms with Gasteiger partial charge in [-0.15, -0.1) is 0 Å². The summed E-state index contributed by atoms with van der Waals surface area (Å²) in [5, 5.41) is 13.1. The number of halogens is 1. The van der Waals surface area contributed by atoms with E-state index in [0.717, 1.165) is 0 Å². The Labute approximate surface area is 113 Å². The smallest absolute Gasteiger partial charge is 0.236 e. The lowest BCUT2D eigenvalue weighted by molar-refractivity contribution is -0.129. The molecule has 100 valence electrons. The zero-order chi connectivity index (χ0) is 13.5. The predicted molar refractivity (Wildman–Crippen MR) is 72.8 cm³/mol. The number of hydrogen-bond acceptors (Lipinski definition) is 3. The second kappa shape index (κ2) is 7.24. The molecule has 0 atom stereocenters. The number of likely N-dealkylation sites (N-methyl/N-ethyl adjacent to an activating group) is 1. The number of nitrogens with one attached hydrogen (secondary N) is 1. The number of carbonyl (C=O) groups excluding carboxylic acids is 1. The molecule has 0 fully saturated rings. The minimum absolute atomic E-state index is 0.0477. The van der Waals surface area contributed by atoms with Crippen LogP contribution in [-0.4, -0.2) is 35.5 Å². The van der Waals surface area contributed by atoms with Crippen molar-refractivity contribution in [3.63, 3.8) is 0 Å². The zero-order valence-corrected chi connectivity index (χ0v) is 11.5. The average molecular weight is 271 g/mol. The van der Waals surface area contributed by atoms with Gasteiger partial charge in [0.2, 0.25) is 5.91 Å². The first-order chi connectivity index (χ1) is 8.60. The van der Waals surface area contributed by atoms with Crippen LogP contribution in [0.4, 0.5) is 0 Å². The quantitative estimate of drug-likeness (QED) is 0.831. The normalized spacial score (nSPS) is 10.4. The van der Waals surface area contributed by atoms with Crippen LogP contribution in [0, 0.1) is 0 Å². The minimum Gasteiger partial charge on any atom is -0.508 e. The van der Waals surface area contributed by atoms with Crippen molar-refractivity contribution in [3.8, 4) is 5.75 Å². The van der Waals surface area contributed by atoms with Crippen LogP contribution < -0.4 is 5.32 Å². The maximum atomic E-state index is 11.7. The van der Waals surface area contributed by atoms with E-state index >= 15 is 0 Å². The molecule has 0 bridgehead atoms. The SMILES string of the molecule is CCN(CC)C(=O)CNCc1c(O)cccc1Cl. The molecule has 0 aliphatic rings. The van der Waals surface area contributed by atoms with Crippen molar-refractivity contribution in [2.45, 2.75) is 20.4 Å². The van der Waals surface area contributed by atoms with Gasteiger partial charge in [0.1, 0.15) is 5.75 Å². The van der Waals surface area contributed by atoms with Crippen LogP contribution in [0.2, 0.25) is 5.02 Å². The Kier molecular flexibility index (Phi) is 5.95. The molecule has 0 aliphatic carbocycles. The molecule has 0 unspecified atom stereocenters. The molecule has 0 spiro atoms. The van der Waals surface area contributed by atoms with Crippen LogP contribution in [0.1, 0.15) is 19.4 Å². The number of amides is 1. The molecule has 1 amide bonds. The summed E-state index contributed by atoms with van der Waals surface area (Å²) in [7, 11) is 0. The lowest BCUT2D eigenvalue weighted by Crippen LogP contribution is -2.37. The van der Waals surface area contributed by atoms with E-state index in [1.165, 1.54) is 0 Å². The van der Waals surface area contributed by atoms with Crippen molar-refractivity contribution < 1.29 is 9.90 Å². The van der Waals surface area contributed by atoms with Gasteiger partial charge in [-0.2, -0.15) is 0 Å². The van der Waals surface area contributed by atoms with Gasteiger partial charge in [-0.05, 0) is 26.0 Å². The molecule has 0 radical (unpaired) electrons. The Balaban J connectivity index is 2.49. The summed E-state index contributed by atoms with van der Waals surface area (Å²) in [6.07, 6.45) is 0. The summed E-state index contributed by atoms with van der Waals surface area (Å²) >= 11 is 5.97. The van der Waals surface area contributed by atoms with E-state index in [4.69, 9.17) is 11.6 Å². The summed E-state index contributed by atoms with van der Waals surface area (Å²) in [5.74, 6) is 0.192. The lowest BCUT2D eigenvalue weighted by atomic mass is 10.2. The van der Waals surface area contributed by atoms with Gasteiger partial charge in [0.05, 0.1) is 6.54 Å². The highest BCUT2D eigenvalue weighted by Gasteiger charge is 2.10. The molecular weight excluding hydrogens is 252 g/mol. The number of carbonyl (C=O) groups is 1. The van der Waals surface area contributed by atoms with E-state index in [-0.39, 0.29) is 18.2 Å². The Morgan fingerprint density at radius 1 is 1.39 bits per heavy atom. The molecule has 0 heterocycles. The molecule has 18 heavy (non-hydrogen) atoms. The number of phenolic OH excluding ortho intramolecular Hbond substituents is 1. The van der Waals surface area contributed by atoms with Crippen molar-refractivity contribution in [3.05, 3.63) is 28.8 Å². The van der Waals surface area contributed by atoms with E-state index in [9.17, 15) is 9.90 Å². The van der Waals surface area contributed by atoms with Crippen LogP contribution in [0.3, 0.4) is 0 Å². The number of benzene rings is 1. The highest BCUT2D eigenvalue weighted by atomic mass is 35.5. The maximum Gasteiger partial charge on any atom is 0.236 e. The monoisotopic (exact) mass is 270 g/mol. The first-order valence-electron chi connectivity index (χ1n) is 6.05. The molecule has 1 aromatic rings. The van der Waals surface area contributed by atoms with E-state index in [0.29, 0.717) is 30.2 Å². The van der Waals surface area contributed by atoms with Crippen LogP contribution >= 0.6 is 11.6 Å². The summed E-state index contributed by atoms with van der Waals surface area (Å²) in [6.45, 7) is 5.91. The highest BCUT2D eigenvalue weighted by Crippen LogP contribution is 2.24. The van der Waals surface area contributed by atoms with Crippen molar-refractivity contribution in [1.29, 1.82) is 0 Å². The Morgan fingerprint density at radius 2 is 2.06 bits per heavy atom. The zero-order valence-electron chi connectivity index (χ0n) is 10.7. The molecule has 5 heteroatoms. The Hall–Kier alpha value is -1.26. The highest BCUT2D eigenvalue weighted by molar-refractivity contribution is 6.31. The van der Waals surface area contributed by atoms with Crippen molar-refractivity contribution in [2.75, 3.05) is 19.6 Å². The van der Waals surface area contributed by atoms with Crippen LogP contribution in [0.15, 0.2) is 18.2 Å². The van der Waals surface area contributed by atoms with Crippen molar-refractivity contribution in [2.24, 2.45) is 0 Å². The predicted octanol–water partition coefficient (Wildman–Crippen LogP) is 2.00. The summed E-state index contributed by atoms with van der Waals surface area (Å²) in [4.78, 5) is 13.5. The van der Waals surface area contributed by atoms with E-state index < -0.39 is 0 Å². The largest absolute Gasteiger partial charge is 0.508 e. The van der Waals surface area contributed by atoms with Gasteiger partial charge in [-0.3, -0.25) is 4.79 Å². The lowest BCUT2D eigenvalue weighted by Gasteiger charge is -2.19. The van der Waals surface area contributed by atoms with Gasteiger partial charge in [0.25, 0.3) is 0 Å². The fourth-order valence-electron chi connectivity index (χ4n) is 1.70. The fourth-order valence-corrected chi connectivity index (χ4v) is 1.94. The molecule has 0 aromatic heterocycles. The van der Waals surface area contributed by atoms with Gasteiger partial charge in [-0.25, -0.2) is 0 Å². The topological polar surface area (TPSA) is 52.6 Å². The second-order valence-electron chi connectivity index (χ2n) is 3.91. The van der Waals surface area contributed by atoms with E-state index in [1.807, 2.05) is 13.8 Å². The molecular formula is C13H19ClN2O2. The van der Waals surface area contributed by atoms with Crippen molar-refractivity contribution >= 4 is 17.5 Å². The minimum atomic E-state index is 0.0477. The van der Waals surface area contributed by atoms with Gasteiger partial charge in [0.15, 0.2) is 0 Å². The molecule has 1 aromatic carbocycles. The van der Waals surface area contributed by atoms with Crippen LogP contribution in [0.25, 0.3) is 0 Å². The van der Waals surface area contributed by atoms with E-state index in [2.05, 4.69) is 5.32 Å². The molecule has 4 nitrogen and oxygen atoms in total. The Bertz CT molecular complexity index is 386. The van der Waals surface area contributed by atoms with Gasteiger partial charge in [-0.1, -0.05) is 17.7 Å². The van der Waals surface area contributed by atoms with Crippen LogP contribution in [-0.2, 0) is 11.3 Å². The summed E-state index contributed by atoms with van der Waals surface area (Å²) in [6, 6.07) is 4.97. The van der Waals surface area contributed by atoms with Crippen molar-refractivity contribution in [1.82, 2.24) is 10.2 Å². The third-order valence-corrected chi connectivity index (χ3v) is 3.14. The average Bonchev–Trinajstić information content (AvgIpc) is 2.34. The molecule has 0 saturated heterocycles. The van der Waals surface area contributed by atoms with Gasteiger partial charge in [0, 0.05) is 30.2 Å². The number of nitrogens with zero attached hydrogens (tertiary/aromatic N) is 1. The number of phenols is 1. The second-order valence-corrected chi connectivity index (χ2v) is 4.31. The summed E-state index contributed by atoms with van der Waals surface area (Å²) in [5.41, 5.74) is 0.617. The van der Waals surface area contributed by atoms with Gasteiger partial charge >= 0.3 is 0 Å². The molecule has 0 saturated carbocycles. The third-order valence-electron chi connectivity index (χ3n) is 2.79. The first-order valence-corrected chi connectivity index (χ1v) is 6.42. The number of aromatic hydroxyl groups is 1. The molecule has 2 N–H and O–H groups in total. The first kappa shape index (κ1) is 14.8.